The van der Waals surface area contributed by atoms with Gasteiger partial charge in [-0.25, -0.2) is 13.2 Å². The van der Waals surface area contributed by atoms with E-state index in [4.69, 9.17) is 11.6 Å². The highest BCUT2D eigenvalue weighted by Crippen LogP contribution is 2.21. The highest BCUT2D eigenvalue weighted by molar-refractivity contribution is 7.90. The monoisotopic (exact) mass is 444 g/mol. The highest BCUT2D eigenvalue weighted by atomic mass is 35.5. The average molecular weight is 445 g/mol. The van der Waals surface area contributed by atoms with E-state index in [1.807, 2.05) is 6.92 Å². The Bertz CT molecular complexity index is 750. The van der Waals surface area contributed by atoms with E-state index in [0.717, 1.165) is 19.3 Å². The van der Waals surface area contributed by atoms with Crippen molar-refractivity contribution >= 4 is 33.6 Å². The van der Waals surface area contributed by atoms with Crippen LogP contribution in [-0.4, -0.2) is 43.2 Å². The third-order valence-electron chi connectivity index (χ3n) is 4.63. The van der Waals surface area contributed by atoms with Crippen LogP contribution in [0.2, 0.25) is 5.02 Å². The average Bonchev–Trinajstić information content (AvgIpc) is 2.67. The van der Waals surface area contributed by atoms with Crippen LogP contribution in [0.5, 0.6) is 0 Å². The molecular formula is C21H33ClN2O4S. The van der Waals surface area contributed by atoms with Crippen molar-refractivity contribution in [1.29, 1.82) is 0 Å². The number of carbonyl (C=O) groups excluding carboxylic acids is 2. The van der Waals surface area contributed by atoms with Crippen LogP contribution in [0.15, 0.2) is 29.2 Å². The van der Waals surface area contributed by atoms with Gasteiger partial charge in [-0.1, -0.05) is 64.0 Å². The third kappa shape index (κ3) is 7.97. The minimum atomic E-state index is -4.30. The lowest BCUT2D eigenvalue weighted by atomic mass is 10.1. The molecule has 0 unspecified atom stereocenters. The van der Waals surface area contributed by atoms with Gasteiger partial charge in [0.2, 0.25) is 5.91 Å². The lowest BCUT2D eigenvalue weighted by molar-refractivity contribution is -0.125. The van der Waals surface area contributed by atoms with Crippen molar-refractivity contribution in [1.82, 2.24) is 9.21 Å². The Morgan fingerprint density at radius 3 is 2.00 bits per heavy atom. The fraction of sp³-hybridized carbons (Fsp3) is 0.619. The second-order valence-corrected chi connectivity index (χ2v) is 9.42. The number of amides is 3. The zero-order valence-corrected chi connectivity index (χ0v) is 19.3. The molecule has 29 heavy (non-hydrogen) atoms. The van der Waals surface area contributed by atoms with E-state index >= 15 is 0 Å². The van der Waals surface area contributed by atoms with Gasteiger partial charge in [0.1, 0.15) is 0 Å². The lowest BCUT2D eigenvalue weighted by Gasteiger charge is -2.26. The fourth-order valence-electron chi connectivity index (χ4n) is 2.98. The molecule has 8 heteroatoms. The molecule has 6 nitrogen and oxygen atoms in total. The molecule has 0 bridgehead atoms. The molecule has 1 aromatic carbocycles. The van der Waals surface area contributed by atoms with Crippen LogP contribution in [0.25, 0.3) is 0 Å². The van der Waals surface area contributed by atoms with Gasteiger partial charge in [-0.2, -0.15) is 4.31 Å². The quantitative estimate of drug-likeness (QED) is 0.401. The van der Waals surface area contributed by atoms with Crippen LogP contribution in [0.4, 0.5) is 4.79 Å². The summed E-state index contributed by atoms with van der Waals surface area (Å²) in [6.45, 7) is 4.39. The number of imide groups is 1. The molecule has 0 atom stereocenters. The highest BCUT2D eigenvalue weighted by Gasteiger charge is 2.36. The van der Waals surface area contributed by atoms with E-state index in [0.29, 0.717) is 28.7 Å². The number of urea groups is 1. The lowest BCUT2D eigenvalue weighted by Crippen LogP contribution is -2.48. The maximum atomic E-state index is 13.1. The van der Waals surface area contributed by atoms with E-state index in [9.17, 15) is 18.0 Å². The van der Waals surface area contributed by atoms with Gasteiger partial charge in [0, 0.05) is 25.0 Å². The maximum absolute atomic E-state index is 13.1. The van der Waals surface area contributed by atoms with E-state index in [1.54, 1.807) is 0 Å². The van der Waals surface area contributed by atoms with E-state index in [-0.39, 0.29) is 11.3 Å². The first kappa shape index (κ1) is 25.4. The molecule has 0 heterocycles. The topological polar surface area (TPSA) is 74.8 Å². The zero-order valence-electron chi connectivity index (χ0n) is 17.7. The van der Waals surface area contributed by atoms with E-state index in [1.165, 1.54) is 55.5 Å². The molecule has 3 amide bonds. The Morgan fingerprint density at radius 1 is 0.897 bits per heavy atom. The van der Waals surface area contributed by atoms with Crippen LogP contribution in [0, 0.1) is 0 Å². The minimum Gasteiger partial charge on any atom is -0.326 e. The summed E-state index contributed by atoms with van der Waals surface area (Å²) in [5.74, 6) is -0.693. The van der Waals surface area contributed by atoms with Crippen LogP contribution in [0.1, 0.15) is 71.6 Å². The van der Waals surface area contributed by atoms with Gasteiger partial charge in [-0.15, -0.1) is 0 Å². The van der Waals surface area contributed by atoms with Crippen molar-refractivity contribution in [3.05, 3.63) is 29.3 Å². The van der Waals surface area contributed by atoms with Crippen molar-refractivity contribution in [3.63, 3.8) is 0 Å². The van der Waals surface area contributed by atoms with Crippen molar-refractivity contribution in [3.8, 4) is 0 Å². The zero-order chi connectivity index (χ0) is 21.9. The minimum absolute atomic E-state index is 0.0201. The molecule has 0 aliphatic carbocycles. The first-order valence-electron chi connectivity index (χ1n) is 10.3. The predicted octanol–water partition coefficient (Wildman–Crippen LogP) is 5.46. The summed E-state index contributed by atoms with van der Waals surface area (Å²) in [4.78, 5) is 26.7. The van der Waals surface area contributed by atoms with Crippen LogP contribution in [0.3, 0.4) is 0 Å². The summed E-state index contributed by atoms with van der Waals surface area (Å²) in [6, 6.07) is 4.63. The fourth-order valence-corrected chi connectivity index (χ4v) is 4.50. The summed E-state index contributed by atoms with van der Waals surface area (Å²) in [7, 11) is -2.80. The van der Waals surface area contributed by atoms with Crippen molar-refractivity contribution in [2.45, 2.75) is 76.5 Å². The number of sulfonamides is 1. The standard InChI is InChI=1S/C21H33ClN2O4S/c1-4-6-7-8-9-10-11-12-20(25)24(21(26)23(3)17-5-2)29(27,28)19-15-13-18(22)14-16-19/h13-16H,4-12,17H2,1-3H3. The number of hydrogen-bond acceptors (Lipinski definition) is 4. The summed E-state index contributed by atoms with van der Waals surface area (Å²) in [5, 5.41) is 0.374. The Morgan fingerprint density at radius 2 is 1.45 bits per heavy atom. The molecule has 0 aromatic heterocycles. The van der Waals surface area contributed by atoms with Crippen LogP contribution < -0.4 is 0 Å². The first-order chi connectivity index (χ1) is 13.8. The molecule has 1 rings (SSSR count). The number of halogens is 1. The van der Waals surface area contributed by atoms with Crippen LogP contribution >= 0.6 is 11.6 Å². The van der Waals surface area contributed by atoms with Crippen LogP contribution in [-0.2, 0) is 14.8 Å². The van der Waals surface area contributed by atoms with Crippen molar-refractivity contribution < 1.29 is 18.0 Å². The normalized spacial score (nSPS) is 11.3. The van der Waals surface area contributed by atoms with E-state index < -0.39 is 22.0 Å². The number of hydrogen-bond donors (Lipinski definition) is 0. The maximum Gasteiger partial charge on any atom is 0.340 e. The van der Waals surface area contributed by atoms with E-state index in [2.05, 4.69) is 6.92 Å². The molecule has 0 N–H and O–H groups in total. The Balaban J connectivity index is 2.92. The summed E-state index contributed by atoms with van der Waals surface area (Å²) in [5.41, 5.74) is 0. The Kier molecular flexibility index (Phi) is 11.3. The number of unbranched alkanes of at least 4 members (excludes halogenated alkanes) is 6. The third-order valence-corrected chi connectivity index (χ3v) is 6.59. The number of benzene rings is 1. The van der Waals surface area contributed by atoms with Gasteiger partial charge in [-0.05, 0) is 37.1 Å². The molecule has 1 aromatic rings. The molecule has 0 aliphatic heterocycles. The first-order valence-corrected chi connectivity index (χ1v) is 12.2. The second-order valence-electron chi connectivity index (χ2n) is 7.19. The van der Waals surface area contributed by atoms with Gasteiger partial charge >= 0.3 is 6.03 Å². The molecule has 0 aliphatic rings. The molecular weight excluding hydrogens is 412 g/mol. The largest absolute Gasteiger partial charge is 0.340 e. The van der Waals surface area contributed by atoms with Gasteiger partial charge in [0.15, 0.2) is 0 Å². The van der Waals surface area contributed by atoms with Gasteiger partial charge in [0.05, 0.1) is 4.90 Å². The van der Waals surface area contributed by atoms with Gasteiger partial charge in [-0.3, -0.25) is 4.79 Å². The molecule has 0 saturated carbocycles. The molecule has 0 radical (unpaired) electrons. The summed E-state index contributed by atoms with van der Waals surface area (Å²) < 4.78 is 26.5. The number of carbonyl (C=O) groups is 2. The smallest absolute Gasteiger partial charge is 0.326 e. The van der Waals surface area contributed by atoms with Gasteiger partial charge < -0.3 is 4.90 Å². The summed E-state index contributed by atoms with van der Waals surface area (Å²) >= 11 is 5.84. The Labute approximate surface area is 180 Å². The van der Waals surface area contributed by atoms with Crippen molar-refractivity contribution in [2.75, 3.05) is 13.6 Å². The molecule has 164 valence electrons. The second kappa shape index (κ2) is 12.9. The molecule has 0 fully saturated rings. The predicted molar refractivity (Wildman–Crippen MR) is 116 cm³/mol. The number of nitrogens with zero attached hydrogens (tertiary/aromatic N) is 2. The number of rotatable bonds is 12. The molecule has 0 spiro atoms. The Hall–Kier alpha value is -1.60. The van der Waals surface area contributed by atoms with Crippen molar-refractivity contribution in [2.24, 2.45) is 0 Å². The van der Waals surface area contributed by atoms with Gasteiger partial charge in [0.25, 0.3) is 10.0 Å². The summed E-state index contributed by atoms with van der Waals surface area (Å²) in [6.07, 6.45) is 7.71. The SMILES string of the molecule is CCCCCCCCCC(=O)N(C(=O)N(C)CCC)S(=O)(=O)c1ccc(Cl)cc1. The molecule has 0 saturated heterocycles.